The lowest BCUT2D eigenvalue weighted by molar-refractivity contribution is -0.365. The number of alkyl halides is 1. The van der Waals surface area contributed by atoms with Gasteiger partial charge in [0, 0.05) is 24.7 Å². The van der Waals surface area contributed by atoms with Crippen LogP contribution in [0.15, 0.2) is 29.3 Å². The number of ether oxygens (including phenoxy) is 3. The first kappa shape index (κ1) is 17.2. The molecule has 0 radical (unpaired) electrons. The normalized spacial score (nSPS) is 16.5. The molecule has 28 heavy (non-hydrogen) atoms. The van der Waals surface area contributed by atoms with Crippen LogP contribution in [0.5, 0.6) is 23.0 Å². The molecule has 0 aliphatic carbocycles. The van der Waals surface area contributed by atoms with Gasteiger partial charge in [-0.15, -0.1) is 0 Å². The fourth-order valence-electron chi connectivity index (χ4n) is 3.84. The average molecular weight is 385 g/mol. The lowest BCUT2D eigenvalue weighted by Gasteiger charge is -2.31. The third-order valence-corrected chi connectivity index (χ3v) is 5.18. The van der Waals surface area contributed by atoms with E-state index in [1.807, 2.05) is 33.7 Å². The summed E-state index contributed by atoms with van der Waals surface area (Å²) in [5, 5.41) is 12.6. The third kappa shape index (κ3) is 2.84. The molecule has 0 aromatic heterocycles. The number of fused-ring (bicyclic) bond motifs is 4. The van der Waals surface area contributed by atoms with E-state index < -0.39 is 6.67 Å². The SMILES string of the molecule is [O-]CC[N+]1=c2cc3c(cc2OCC1)=Nc1cc2c(cc1O3)N(CCF)CCO2. The van der Waals surface area contributed by atoms with E-state index in [1.165, 1.54) is 0 Å². The van der Waals surface area contributed by atoms with E-state index in [4.69, 9.17) is 19.2 Å². The summed E-state index contributed by atoms with van der Waals surface area (Å²) in [6, 6.07) is 7.42. The molecule has 3 aliphatic heterocycles. The van der Waals surface area contributed by atoms with E-state index in [0.29, 0.717) is 73.4 Å². The lowest BCUT2D eigenvalue weighted by Crippen LogP contribution is -2.43. The molecule has 146 valence electrons. The summed E-state index contributed by atoms with van der Waals surface area (Å²) in [7, 11) is 0. The van der Waals surface area contributed by atoms with Gasteiger partial charge in [0.15, 0.2) is 23.8 Å². The van der Waals surface area contributed by atoms with Gasteiger partial charge in [-0.2, -0.15) is 0 Å². The van der Waals surface area contributed by atoms with Crippen molar-refractivity contribution < 1.29 is 23.7 Å². The van der Waals surface area contributed by atoms with Crippen LogP contribution in [-0.4, -0.2) is 52.7 Å². The molecule has 8 heteroatoms. The molecule has 0 unspecified atom stereocenters. The van der Waals surface area contributed by atoms with E-state index in [9.17, 15) is 9.50 Å². The highest BCUT2D eigenvalue weighted by molar-refractivity contribution is 5.72. The summed E-state index contributed by atoms with van der Waals surface area (Å²) < 4.78 is 32.5. The zero-order chi connectivity index (χ0) is 19.1. The van der Waals surface area contributed by atoms with Crippen LogP contribution in [0.3, 0.4) is 0 Å². The molecule has 0 N–H and O–H groups in total. The van der Waals surface area contributed by atoms with Gasteiger partial charge in [-0.1, -0.05) is 6.61 Å². The van der Waals surface area contributed by atoms with Gasteiger partial charge in [0.2, 0.25) is 5.36 Å². The topological polar surface area (TPSA) is 69.4 Å². The van der Waals surface area contributed by atoms with Crippen LogP contribution in [0.1, 0.15) is 0 Å². The summed E-state index contributed by atoms with van der Waals surface area (Å²) >= 11 is 0. The van der Waals surface area contributed by atoms with Gasteiger partial charge in [0.1, 0.15) is 43.2 Å². The average Bonchev–Trinajstić information content (AvgIpc) is 2.70. The largest absolute Gasteiger partial charge is 0.850 e. The monoisotopic (exact) mass is 385 g/mol. The fourth-order valence-corrected chi connectivity index (χ4v) is 3.84. The molecule has 0 saturated heterocycles. The Balaban J connectivity index is 1.62. The Morgan fingerprint density at radius 3 is 2.82 bits per heavy atom. The minimum atomic E-state index is -0.424. The summed E-state index contributed by atoms with van der Waals surface area (Å²) in [6.45, 7) is 2.50. The first-order chi connectivity index (χ1) is 13.8. The quantitative estimate of drug-likeness (QED) is 0.599. The second kappa shape index (κ2) is 6.94. The second-order valence-electron chi connectivity index (χ2n) is 6.85. The molecule has 0 fully saturated rings. The third-order valence-electron chi connectivity index (χ3n) is 5.18. The van der Waals surface area contributed by atoms with Gasteiger partial charge >= 0.3 is 0 Å². The molecule has 0 bridgehead atoms. The van der Waals surface area contributed by atoms with Crippen molar-refractivity contribution in [2.24, 2.45) is 4.99 Å². The predicted octanol–water partition coefficient (Wildman–Crippen LogP) is 0.156. The summed E-state index contributed by atoms with van der Waals surface area (Å²) in [6.07, 6.45) is 0. The van der Waals surface area contributed by atoms with Crippen molar-refractivity contribution in [1.29, 1.82) is 0 Å². The maximum Gasteiger partial charge on any atom is 0.246 e. The van der Waals surface area contributed by atoms with Crippen molar-refractivity contribution in [1.82, 2.24) is 4.58 Å². The van der Waals surface area contributed by atoms with Gasteiger partial charge in [-0.3, -0.25) is 0 Å². The zero-order valence-electron chi connectivity index (χ0n) is 15.3. The number of halogens is 1. The molecule has 0 amide bonds. The second-order valence-corrected chi connectivity index (χ2v) is 6.85. The first-order valence-electron chi connectivity index (χ1n) is 9.42. The molecule has 5 rings (SSSR count). The van der Waals surface area contributed by atoms with Crippen LogP contribution in [0.2, 0.25) is 0 Å². The smallest absolute Gasteiger partial charge is 0.246 e. The van der Waals surface area contributed by atoms with Crippen LogP contribution in [0.25, 0.3) is 0 Å². The predicted molar refractivity (Wildman–Crippen MR) is 98.4 cm³/mol. The summed E-state index contributed by atoms with van der Waals surface area (Å²) in [5.41, 5.74) is 1.48. The van der Waals surface area contributed by atoms with Crippen LogP contribution in [-0.2, 0) is 0 Å². The Morgan fingerprint density at radius 1 is 1.07 bits per heavy atom. The van der Waals surface area contributed by atoms with E-state index >= 15 is 0 Å². The molecule has 0 spiro atoms. The van der Waals surface area contributed by atoms with Gasteiger partial charge in [0.05, 0.1) is 18.3 Å². The minimum Gasteiger partial charge on any atom is -0.850 e. The zero-order valence-corrected chi connectivity index (χ0v) is 15.3. The first-order valence-corrected chi connectivity index (χ1v) is 9.42. The molecule has 7 nitrogen and oxygen atoms in total. The van der Waals surface area contributed by atoms with E-state index in [-0.39, 0.29) is 6.61 Å². The van der Waals surface area contributed by atoms with E-state index in [2.05, 4.69) is 0 Å². The van der Waals surface area contributed by atoms with Crippen LogP contribution < -0.4 is 39.5 Å². The molecule has 2 aromatic carbocycles. The van der Waals surface area contributed by atoms with Crippen LogP contribution in [0, 0.1) is 0 Å². The molecular weight excluding hydrogens is 365 g/mol. The van der Waals surface area contributed by atoms with Crippen molar-refractivity contribution >= 4 is 11.4 Å². The van der Waals surface area contributed by atoms with Crippen molar-refractivity contribution in [3.8, 4) is 23.0 Å². The van der Waals surface area contributed by atoms with Crippen LogP contribution in [0.4, 0.5) is 15.8 Å². The van der Waals surface area contributed by atoms with Gasteiger partial charge in [0.25, 0.3) is 0 Å². The highest BCUT2D eigenvalue weighted by atomic mass is 19.1. The molecule has 2 aromatic rings. The number of nitrogens with zero attached hydrogens (tertiary/aromatic N) is 3. The van der Waals surface area contributed by atoms with Crippen molar-refractivity contribution in [3.63, 3.8) is 0 Å². The highest BCUT2D eigenvalue weighted by Crippen LogP contribution is 2.44. The summed E-state index contributed by atoms with van der Waals surface area (Å²) in [5.74, 6) is 2.61. The molecule has 3 heterocycles. The maximum absolute atomic E-state index is 12.9. The molecule has 0 saturated carbocycles. The minimum absolute atomic E-state index is 0.179. The lowest BCUT2D eigenvalue weighted by atomic mass is 10.1. The Hall–Kier alpha value is -2.87. The van der Waals surface area contributed by atoms with Crippen molar-refractivity contribution in [3.05, 3.63) is 35.0 Å². The molecule has 3 aliphatic rings. The standard InChI is InChI=1S/C20H20FN3O4/c21-1-2-23-4-7-26-19-9-13-17(11-15(19)23)28-18-12-16-20(10-14(18)22-13)27-8-5-24(16)3-6-25/h9-12H,1-8H2. The van der Waals surface area contributed by atoms with E-state index in [1.54, 1.807) is 0 Å². The van der Waals surface area contributed by atoms with Crippen LogP contribution >= 0.6 is 0 Å². The number of rotatable bonds is 4. The number of benzene rings is 2. The molecular formula is C20H20FN3O4. The number of hydrogen-bond acceptors (Lipinski definition) is 6. The Labute approximate surface area is 160 Å². The van der Waals surface area contributed by atoms with Crippen molar-refractivity contribution in [2.75, 3.05) is 57.6 Å². The summed E-state index contributed by atoms with van der Waals surface area (Å²) in [4.78, 5) is 6.66. The van der Waals surface area contributed by atoms with Gasteiger partial charge in [-0.25, -0.2) is 14.0 Å². The maximum atomic E-state index is 12.9. The van der Waals surface area contributed by atoms with E-state index in [0.717, 1.165) is 11.0 Å². The Kier molecular flexibility index (Phi) is 4.27. The van der Waals surface area contributed by atoms with Crippen molar-refractivity contribution in [2.45, 2.75) is 0 Å². The van der Waals surface area contributed by atoms with Gasteiger partial charge in [-0.05, 0) is 0 Å². The number of anilines is 1. The highest BCUT2D eigenvalue weighted by Gasteiger charge is 2.25. The van der Waals surface area contributed by atoms with Gasteiger partial charge < -0.3 is 24.2 Å². The number of hydrogen-bond donors (Lipinski definition) is 0. The molecule has 0 atom stereocenters. The Bertz CT molecular complexity index is 1060. The fraction of sp³-hybridized carbons (Fsp3) is 0.400. The Morgan fingerprint density at radius 2 is 1.96 bits per heavy atom.